The summed E-state index contributed by atoms with van der Waals surface area (Å²) in [4.78, 5) is 42.1. The third-order valence-corrected chi connectivity index (χ3v) is 5.23. The fourth-order valence-corrected chi connectivity index (χ4v) is 3.32. The molecule has 2 heterocycles. The third-order valence-electron chi connectivity index (χ3n) is 5.23. The Morgan fingerprint density at radius 2 is 1.87 bits per heavy atom. The highest BCUT2D eigenvalue weighted by atomic mass is 19.1. The van der Waals surface area contributed by atoms with Crippen LogP contribution in [0.5, 0.6) is 0 Å². The highest BCUT2D eigenvalue weighted by Crippen LogP contribution is 2.23. The molecule has 1 aromatic carbocycles. The largest absolute Gasteiger partial charge is 0.452 e. The molecule has 3 rings (SSSR count). The Kier molecular flexibility index (Phi) is 7.17. The van der Waals surface area contributed by atoms with E-state index in [2.05, 4.69) is 10.3 Å². The minimum atomic E-state index is -0.922. The number of amides is 2. The Labute approximate surface area is 179 Å². The van der Waals surface area contributed by atoms with Gasteiger partial charge in [0.05, 0.1) is 11.5 Å². The molecule has 0 spiro atoms. The van der Waals surface area contributed by atoms with E-state index >= 15 is 0 Å². The number of nitrogens with zero attached hydrogens (tertiary/aromatic N) is 2. The van der Waals surface area contributed by atoms with Crippen LogP contribution in [0.2, 0.25) is 0 Å². The maximum absolute atomic E-state index is 12.9. The Bertz CT molecular complexity index is 926. The molecular weight excluding hydrogens is 403 g/mol. The van der Waals surface area contributed by atoms with Gasteiger partial charge in [-0.2, -0.15) is 0 Å². The average molecular weight is 428 g/mol. The summed E-state index contributed by atoms with van der Waals surface area (Å²) in [7, 11) is 0. The van der Waals surface area contributed by atoms with Crippen molar-refractivity contribution in [2.75, 3.05) is 18.0 Å². The van der Waals surface area contributed by atoms with Crippen molar-refractivity contribution in [3.05, 3.63) is 59.5 Å². The van der Waals surface area contributed by atoms with Crippen LogP contribution in [-0.2, 0) is 20.9 Å². The van der Waals surface area contributed by atoms with Crippen LogP contribution in [0.15, 0.2) is 42.6 Å². The van der Waals surface area contributed by atoms with Gasteiger partial charge in [-0.25, -0.2) is 9.37 Å². The van der Waals surface area contributed by atoms with Crippen molar-refractivity contribution < 1.29 is 23.5 Å². The monoisotopic (exact) mass is 428 g/mol. The molecule has 1 aromatic heterocycles. The lowest BCUT2D eigenvalue weighted by atomic mass is 9.97. The number of esters is 1. The number of rotatable bonds is 7. The summed E-state index contributed by atoms with van der Waals surface area (Å²) in [5, 5.41) is 2.68. The second-order valence-corrected chi connectivity index (χ2v) is 7.45. The lowest BCUT2D eigenvalue weighted by Crippen LogP contribution is -2.40. The van der Waals surface area contributed by atoms with Crippen molar-refractivity contribution in [3.63, 3.8) is 0 Å². The molecule has 0 radical (unpaired) electrons. The van der Waals surface area contributed by atoms with Crippen molar-refractivity contribution in [2.24, 2.45) is 11.7 Å². The Balaban J connectivity index is 1.43. The molecule has 8 nitrogen and oxygen atoms in total. The Morgan fingerprint density at radius 1 is 1.19 bits per heavy atom. The van der Waals surface area contributed by atoms with Crippen LogP contribution in [0.25, 0.3) is 0 Å². The minimum absolute atomic E-state index is 0.223. The number of carbonyl (C=O) groups excluding carboxylic acids is 3. The Hall–Kier alpha value is -3.49. The molecule has 0 bridgehead atoms. The quantitative estimate of drug-likeness (QED) is 0.650. The van der Waals surface area contributed by atoms with E-state index in [1.54, 1.807) is 24.3 Å². The van der Waals surface area contributed by atoms with Crippen molar-refractivity contribution in [2.45, 2.75) is 32.4 Å². The maximum atomic E-state index is 12.9. The molecule has 1 unspecified atom stereocenters. The molecule has 9 heteroatoms. The molecule has 2 aromatic rings. The minimum Gasteiger partial charge on any atom is -0.452 e. The van der Waals surface area contributed by atoms with Crippen LogP contribution < -0.4 is 16.0 Å². The molecule has 3 N–H and O–H groups in total. The van der Waals surface area contributed by atoms with Crippen molar-refractivity contribution in [3.8, 4) is 0 Å². The standard InChI is InChI=1S/C22H25FN4O4/c1-14(21(29)26-12-15-2-5-18(23)6-3-15)31-22(30)16-8-10-27(11-9-16)19-7-4-17(13-25-19)20(24)28/h2-7,13-14,16H,8-12H2,1H3,(H2,24,28)(H,26,29). The fraction of sp³-hybridized carbons (Fsp3) is 0.364. The zero-order valence-electron chi connectivity index (χ0n) is 17.2. The van der Waals surface area contributed by atoms with Crippen molar-refractivity contribution in [1.29, 1.82) is 0 Å². The van der Waals surface area contributed by atoms with E-state index in [1.807, 2.05) is 4.90 Å². The van der Waals surface area contributed by atoms with Crippen LogP contribution >= 0.6 is 0 Å². The van der Waals surface area contributed by atoms with Gasteiger partial charge < -0.3 is 20.7 Å². The number of ether oxygens (including phenoxy) is 1. The number of aromatic nitrogens is 1. The number of nitrogens with two attached hydrogens (primary N) is 1. The molecule has 0 saturated carbocycles. The number of nitrogens with one attached hydrogen (secondary N) is 1. The second kappa shape index (κ2) is 10.0. The van der Waals surface area contributed by atoms with Crippen molar-refractivity contribution >= 4 is 23.6 Å². The summed E-state index contributed by atoms with van der Waals surface area (Å²) in [6.45, 7) is 2.96. The molecule has 0 aliphatic carbocycles. The van der Waals surface area contributed by atoms with Gasteiger partial charge in [-0.15, -0.1) is 0 Å². The van der Waals surface area contributed by atoms with E-state index in [-0.39, 0.29) is 18.3 Å². The summed E-state index contributed by atoms with van der Waals surface area (Å²) in [5.74, 6) is -1.27. The molecular formula is C22H25FN4O4. The summed E-state index contributed by atoms with van der Waals surface area (Å²) < 4.78 is 18.3. The SMILES string of the molecule is CC(OC(=O)C1CCN(c2ccc(C(N)=O)cn2)CC1)C(=O)NCc1ccc(F)cc1. The molecule has 1 aliphatic rings. The highest BCUT2D eigenvalue weighted by molar-refractivity contribution is 5.92. The number of primary amides is 1. The molecule has 1 fully saturated rings. The Morgan fingerprint density at radius 3 is 2.45 bits per heavy atom. The number of hydrogen-bond donors (Lipinski definition) is 2. The van der Waals surface area contributed by atoms with Gasteiger partial charge in [-0.05, 0) is 49.6 Å². The smallest absolute Gasteiger partial charge is 0.309 e. The lowest BCUT2D eigenvalue weighted by molar-refractivity contribution is -0.159. The number of pyridine rings is 1. The van der Waals surface area contributed by atoms with Gasteiger partial charge in [0.2, 0.25) is 5.91 Å². The van der Waals surface area contributed by atoms with Crippen molar-refractivity contribution in [1.82, 2.24) is 10.3 Å². The molecule has 31 heavy (non-hydrogen) atoms. The lowest BCUT2D eigenvalue weighted by Gasteiger charge is -2.32. The first-order valence-electron chi connectivity index (χ1n) is 10.1. The van der Waals surface area contributed by atoms with Gasteiger partial charge in [-0.3, -0.25) is 14.4 Å². The fourth-order valence-electron chi connectivity index (χ4n) is 3.32. The summed E-state index contributed by atoms with van der Waals surface area (Å²) >= 11 is 0. The van der Waals surface area contributed by atoms with E-state index in [0.29, 0.717) is 37.3 Å². The van der Waals surface area contributed by atoms with Crippen LogP contribution in [0.3, 0.4) is 0 Å². The van der Waals surface area contributed by atoms with E-state index in [0.717, 1.165) is 5.56 Å². The first-order chi connectivity index (χ1) is 14.8. The van der Waals surface area contributed by atoms with Gasteiger partial charge in [0, 0.05) is 25.8 Å². The summed E-state index contributed by atoms with van der Waals surface area (Å²) in [6.07, 6.45) is 1.66. The number of anilines is 1. The first kappa shape index (κ1) is 22.2. The van der Waals surface area contributed by atoms with E-state index in [4.69, 9.17) is 10.5 Å². The van der Waals surface area contributed by atoms with Gasteiger partial charge in [0.15, 0.2) is 6.10 Å². The van der Waals surface area contributed by atoms with Crippen LogP contribution in [0.1, 0.15) is 35.7 Å². The topological polar surface area (TPSA) is 115 Å². The molecule has 1 atom stereocenters. The van der Waals surface area contributed by atoms with Crippen LogP contribution in [0, 0.1) is 11.7 Å². The molecule has 1 saturated heterocycles. The predicted octanol–water partition coefficient (Wildman–Crippen LogP) is 1.78. The summed E-state index contributed by atoms with van der Waals surface area (Å²) in [5.41, 5.74) is 6.31. The number of hydrogen-bond acceptors (Lipinski definition) is 6. The van der Waals surface area contributed by atoms with Gasteiger partial charge in [0.25, 0.3) is 5.91 Å². The zero-order chi connectivity index (χ0) is 22.4. The summed E-state index contributed by atoms with van der Waals surface area (Å²) in [6, 6.07) is 9.15. The number of carbonyl (C=O) groups is 3. The molecule has 164 valence electrons. The second-order valence-electron chi connectivity index (χ2n) is 7.45. The first-order valence-corrected chi connectivity index (χ1v) is 10.1. The molecule has 1 aliphatic heterocycles. The molecule has 2 amide bonds. The highest BCUT2D eigenvalue weighted by Gasteiger charge is 2.29. The number of piperidine rings is 1. The van der Waals surface area contributed by atoms with E-state index in [9.17, 15) is 18.8 Å². The maximum Gasteiger partial charge on any atom is 0.309 e. The average Bonchev–Trinajstić information content (AvgIpc) is 2.78. The zero-order valence-corrected chi connectivity index (χ0v) is 17.2. The van der Waals surface area contributed by atoms with Gasteiger partial charge in [0.1, 0.15) is 11.6 Å². The third kappa shape index (κ3) is 6.00. The van der Waals surface area contributed by atoms with Gasteiger partial charge in [-0.1, -0.05) is 12.1 Å². The van der Waals surface area contributed by atoms with Crippen LogP contribution in [0.4, 0.5) is 10.2 Å². The number of halogens is 1. The van der Waals surface area contributed by atoms with E-state index in [1.165, 1.54) is 25.3 Å². The van der Waals surface area contributed by atoms with Gasteiger partial charge >= 0.3 is 5.97 Å². The van der Waals surface area contributed by atoms with Crippen LogP contribution in [-0.4, -0.2) is 42.0 Å². The predicted molar refractivity (Wildman–Crippen MR) is 111 cm³/mol. The van der Waals surface area contributed by atoms with E-state index < -0.39 is 23.9 Å². The normalized spacial score (nSPS) is 15.2. The number of benzene rings is 1.